The molecule has 0 spiro atoms. The van der Waals surface area contributed by atoms with E-state index in [2.05, 4.69) is 38.2 Å². The van der Waals surface area contributed by atoms with Gasteiger partial charge in [-0.1, -0.05) is 32.3 Å². The number of nitrogens with one attached hydrogen (secondary N) is 1. The molecular weight excluding hydrogens is 262 g/mol. The number of aromatic nitrogens is 2. The van der Waals surface area contributed by atoms with Gasteiger partial charge >= 0.3 is 0 Å². The first kappa shape index (κ1) is 16.5. The summed E-state index contributed by atoms with van der Waals surface area (Å²) >= 11 is 0. The van der Waals surface area contributed by atoms with Gasteiger partial charge in [0.25, 0.3) is 0 Å². The smallest absolute Gasteiger partial charge is 0.231 e. The molecular formula is C17H31N3O. The summed E-state index contributed by atoms with van der Waals surface area (Å²) in [6, 6.07) is 0.370. The Hall–Kier alpha value is -0.900. The van der Waals surface area contributed by atoms with Crippen molar-refractivity contribution in [2.45, 2.75) is 84.1 Å². The molecule has 2 rings (SSSR count). The Labute approximate surface area is 129 Å². The van der Waals surface area contributed by atoms with Crippen molar-refractivity contribution in [3.8, 4) is 0 Å². The second-order valence-corrected chi connectivity index (χ2v) is 6.65. The highest BCUT2D eigenvalue weighted by Crippen LogP contribution is 2.36. The zero-order valence-electron chi connectivity index (χ0n) is 14.1. The molecule has 0 aromatic carbocycles. The Morgan fingerprint density at radius 3 is 2.52 bits per heavy atom. The molecule has 0 aliphatic heterocycles. The molecule has 2 unspecified atom stereocenters. The van der Waals surface area contributed by atoms with E-state index in [1.165, 1.54) is 32.1 Å². The van der Waals surface area contributed by atoms with Crippen LogP contribution in [0.4, 0.5) is 0 Å². The molecule has 4 heteroatoms. The molecule has 0 amide bonds. The first-order valence-corrected chi connectivity index (χ1v) is 8.72. The van der Waals surface area contributed by atoms with Crippen LogP contribution in [0.1, 0.15) is 89.8 Å². The van der Waals surface area contributed by atoms with Crippen molar-refractivity contribution in [3.63, 3.8) is 0 Å². The third-order valence-corrected chi connectivity index (χ3v) is 5.10. The SMILES string of the molecule is CCCNC(C)C(C)c1nc(C2CCC(CC)CC2)no1. The standard InChI is InChI=1S/C17H31N3O/c1-5-11-18-13(4)12(3)17-19-16(20-21-17)15-9-7-14(6-2)8-10-15/h12-15,18H,5-11H2,1-4H3. The van der Waals surface area contributed by atoms with E-state index in [1.807, 2.05) is 0 Å². The van der Waals surface area contributed by atoms with Crippen LogP contribution in [0.2, 0.25) is 0 Å². The fraction of sp³-hybridized carbons (Fsp3) is 0.882. The van der Waals surface area contributed by atoms with Crippen molar-refractivity contribution in [1.82, 2.24) is 15.5 Å². The maximum Gasteiger partial charge on any atom is 0.231 e. The van der Waals surface area contributed by atoms with E-state index in [0.29, 0.717) is 12.0 Å². The fourth-order valence-corrected chi connectivity index (χ4v) is 3.19. The van der Waals surface area contributed by atoms with E-state index in [1.54, 1.807) is 0 Å². The molecule has 1 aromatic rings. The van der Waals surface area contributed by atoms with Crippen molar-refractivity contribution >= 4 is 0 Å². The Morgan fingerprint density at radius 2 is 1.90 bits per heavy atom. The quantitative estimate of drug-likeness (QED) is 0.816. The normalized spacial score (nSPS) is 25.7. The summed E-state index contributed by atoms with van der Waals surface area (Å²) in [5.74, 6) is 3.42. The molecule has 1 N–H and O–H groups in total. The Kier molecular flexibility index (Phi) is 6.22. The summed E-state index contributed by atoms with van der Waals surface area (Å²) in [6.07, 6.45) is 7.52. The lowest BCUT2D eigenvalue weighted by Gasteiger charge is -2.25. The van der Waals surface area contributed by atoms with Gasteiger partial charge < -0.3 is 9.84 Å². The zero-order chi connectivity index (χ0) is 15.2. The van der Waals surface area contributed by atoms with Crippen molar-refractivity contribution in [2.24, 2.45) is 5.92 Å². The van der Waals surface area contributed by atoms with E-state index >= 15 is 0 Å². The lowest BCUT2D eigenvalue weighted by Crippen LogP contribution is -2.31. The van der Waals surface area contributed by atoms with Gasteiger partial charge in [-0.05, 0) is 51.5 Å². The lowest BCUT2D eigenvalue weighted by molar-refractivity contribution is 0.298. The minimum Gasteiger partial charge on any atom is -0.339 e. The minimum atomic E-state index is 0.268. The molecule has 1 aliphatic rings. The second kappa shape index (κ2) is 7.92. The molecule has 0 saturated heterocycles. The summed E-state index contributed by atoms with van der Waals surface area (Å²) in [7, 11) is 0. The van der Waals surface area contributed by atoms with Gasteiger partial charge in [0.15, 0.2) is 5.82 Å². The van der Waals surface area contributed by atoms with Crippen LogP contribution in [0, 0.1) is 5.92 Å². The number of hydrogen-bond donors (Lipinski definition) is 1. The molecule has 1 aromatic heterocycles. The maximum atomic E-state index is 5.53. The average Bonchev–Trinajstić information content (AvgIpc) is 3.01. The van der Waals surface area contributed by atoms with Gasteiger partial charge in [0.05, 0.1) is 5.92 Å². The molecule has 1 saturated carbocycles. The predicted octanol–water partition coefficient (Wildman–Crippen LogP) is 4.25. The Balaban J connectivity index is 1.92. The van der Waals surface area contributed by atoms with E-state index in [9.17, 15) is 0 Å². The summed E-state index contributed by atoms with van der Waals surface area (Å²) < 4.78 is 5.53. The van der Waals surface area contributed by atoms with Gasteiger partial charge in [-0.2, -0.15) is 4.98 Å². The largest absolute Gasteiger partial charge is 0.339 e. The third kappa shape index (κ3) is 4.29. The summed E-state index contributed by atoms with van der Waals surface area (Å²) in [5.41, 5.74) is 0. The first-order valence-electron chi connectivity index (χ1n) is 8.72. The van der Waals surface area contributed by atoms with Crippen LogP contribution in [-0.2, 0) is 0 Å². The zero-order valence-corrected chi connectivity index (χ0v) is 14.1. The molecule has 1 heterocycles. The van der Waals surface area contributed by atoms with Gasteiger partial charge in [0, 0.05) is 12.0 Å². The van der Waals surface area contributed by atoms with Crippen molar-refractivity contribution in [3.05, 3.63) is 11.7 Å². The van der Waals surface area contributed by atoms with E-state index in [0.717, 1.165) is 30.6 Å². The highest BCUT2D eigenvalue weighted by atomic mass is 16.5. The molecule has 120 valence electrons. The molecule has 2 atom stereocenters. The van der Waals surface area contributed by atoms with E-state index in [-0.39, 0.29) is 5.92 Å². The average molecular weight is 293 g/mol. The maximum absolute atomic E-state index is 5.53. The molecule has 0 radical (unpaired) electrons. The van der Waals surface area contributed by atoms with Gasteiger partial charge in [-0.3, -0.25) is 0 Å². The topological polar surface area (TPSA) is 51.0 Å². The summed E-state index contributed by atoms with van der Waals surface area (Å²) in [4.78, 5) is 4.70. The van der Waals surface area contributed by atoms with Crippen LogP contribution in [0.3, 0.4) is 0 Å². The van der Waals surface area contributed by atoms with Crippen LogP contribution < -0.4 is 5.32 Å². The molecule has 1 fully saturated rings. The Bertz CT molecular complexity index is 393. The van der Waals surface area contributed by atoms with E-state index < -0.39 is 0 Å². The number of hydrogen-bond acceptors (Lipinski definition) is 4. The molecule has 4 nitrogen and oxygen atoms in total. The summed E-state index contributed by atoms with van der Waals surface area (Å²) in [5, 5.41) is 7.77. The van der Waals surface area contributed by atoms with Crippen LogP contribution in [0.15, 0.2) is 4.52 Å². The second-order valence-electron chi connectivity index (χ2n) is 6.65. The highest BCUT2D eigenvalue weighted by Gasteiger charge is 2.27. The van der Waals surface area contributed by atoms with Gasteiger partial charge in [-0.25, -0.2) is 0 Å². The van der Waals surface area contributed by atoms with Gasteiger partial charge in [-0.15, -0.1) is 0 Å². The number of nitrogens with zero attached hydrogens (tertiary/aromatic N) is 2. The third-order valence-electron chi connectivity index (χ3n) is 5.10. The van der Waals surface area contributed by atoms with Crippen LogP contribution >= 0.6 is 0 Å². The van der Waals surface area contributed by atoms with Gasteiger partial charge in [0.2, 0.25) is 5.89 Å². The van der Waals surface area contributed by atoms with Crippen LogP contribution in [-0.4, -0.2) is 22.7 Å². The van der Waals surface area contributed by atoms with Crippen LogP contribution in [0.25, 0.3) is 0 Å². The lowest BCUT2D eigenvalue weighted by atomic mass is 9.80. The van der Waals surface area contributed by atoms with Crippen LogP contribution in [0.5, 0.6) is 0 Å². The number of rotatable bonds is 7. The molecule has 0 bridgehead atoms. The highest BCUT2D eigenvalue weighted by molar-refractivity contribution is 5.02. The first-order chi connectivity index (χ1) is 10.2. The molecule has 21 heavy (non-hydrogen) atoms. The van der Waals surface area contributed by atoms with Crippen molar-refractivity contribution < 1.29 is 4.52 Å². The predicted molar refractivity (Wildman–Crippen MR) is 85.5 cm³/mol. The fourth-order valence-electron chi connectivity index (χ4n) is 3.19. The van der Waals surface area contributed by atoms with E-state index in [4.69, 9.17) is 9.51 Å². The molecule has 1 aliphatic carbocycles. The van der Waals surface area contributed by atoms with Crippen molar-refractivity contribution in [2.75, 3.05) is 6.54 Å². The van der Waals surface area contributed by atoms with Crippen molar-refractivity contribution in [1.29, 1.82) is 0 Å². The monoisotopic (exact) mass is 293 g/mol. The minimum absolute atomic E-state index is 0.268. The van der Waals surface area contributed by atoms with Gasteiger partial charge in [0.1, 0.15) is 0 Å². The Morgan fingerprint density at radius 1 is 1.19 bits per heavy atom. The summed E-state index contributed by atoms with van der Waals surface area (Å²) in [6.45, 7) is 9.87.